The molecule has 0 amide bonds. The summed E-state index contributed by atoms with van der Waals surface area (Å²) in [5.41, 5.74) is 1.52. The molecular weight excluding hydrogens is 262 g/mol. The average molecular weight is 279 g/mol. The predicted octanol–water partition coefficient (Wildman–Crippen LogP) is 2.97. The normalized spacial score (nSPS) is 14.8. The minimum Gasteiger partial charge on any atom is -0.341 e. The number of ketones is 1. The maximum absolute atomic E-state index is 12.0. The third-order valence-electron chi connectivity index (χ3n) is 3.53. The van der Waals surface area contributed by atoms with Crippen molar-refractivity contribution in [2.45, 2.75) is 12.8 Å². The monoisotopic (exact) mass is 279 g/mol. The zero-order valence-corrected chi connectivity index (χ0v) is 11.8. The molecule has 2 aromatic rings. The fraction of sp³-hybridized carbons (Fsp3) is 0.235. The Kier molecular flexibility index (Phi) is 4.05. The summed E-state index contributed by atoms with van der Waals surface area (Å²) in [5, 5.41) is 0. The van der Waals surface area contributed by atoms with Gasteiger partial charge in [0, 0.05) is 36.6 Å². The van der Waals surface area contributed by atoms with Gasteiger partial charge in [0.2, 0.25) is 5.95 Å². The van der Waals surface area contributed by atoms with E-state index in [9.17, 15) is 4.79 Å². The lowest BCUT2D eigenvalue weighted by Gasteiger charge is -2.14. The molecule has 4 nitrogen and oxygen atoms in total. The van der Waals surface area contributed by atoms with Crippen molar-refractivity contribution < 1.29 is 4.79 Å². The molecule has 0 aliphatic carbocycles. The molecule has 21 heavy (non-hydrogen) atoms. The number of carbonyl (C=O) groups excluding carboxylic acids is 1. The van der Waals surface area contributed by atoms with E-state index in [0.717, 1.165) is 24.6 Å². The molecule has 3 rings (SSSR count). The molecule has 1 aromatic heterocycles. The van der Waals surface area contributed by atoms with Crippen molar-refractivity contribution in [1.29, 1.82) is 0 Å². The smallest absolute Gasteiger partial charge is 0.225 e. The SMILES string of the molecule is O=C(C=Cc1cnc(N2CCCC2)nc1)c1ccccc1. The van der Waals surface area contributed by atoms with E-state index >= 15 is 0 Å². The van der Waals surface area contributed by atoms with Gasteiger partial charge in [-0.05, 0) is 25.0 Å². The van der Waals surface area contributed by atoms with Crippen molar-refractivity contribution in [2.24, 2.45) is 0 Å². The Morgan fingerprint density at radius 3 is 2.38 bits per heavy atom. The molecule has 4 heteroatoms. The van der Waals surface area contributed by atoms with Crippen LogP contribution >= 0.6 is 0 Å². The van der Waals surface area contributed by atoms with Gasteiger partial charge in [-0.25, -0.2) is 9.97 Å². The van der Waals surface area contributed by atoms with Crippen LogP contribution in [0.1, 0.15) is 28.8 Å². The van der Waals surface area contributed by atoms with E-state index in [4.69, 9.17) is 0 Å². The molecule has 0 saturated carbocycles. The van der Waals surface area contributed by atoms with Gasteiger partial charge >= 0.3 is 0 Å². The van der Waals surface area contributed by atoms with Crippen molar-refractivity contribution in [2.75, 3.05) is 18.0 Å². The topological polar surface area (TPSA) is 46.1 Å². The molecule has 2 heterocycles. The van der Waals surface area contributed by atoms with Crippen molar-refractivity contribution in [3.8, 4) is 0 Å². The Hall–Kier alpha value is -2.49. The molecule has 1 saturated heterocycles. The van der Waals surface area contributed by atoms with Crippen LogP contribution in [0.25, 0.3) is 6.08 Å². The number of rotatable bonds is 4. The lowest BCUT2D eigenvalue weighted by molar-refractivity contribution is 0.104. The third-order valence-corrected chi connectivity index (χ3v) is 3.53. The first-order chi connectivity index (χ1) is 10.3. The van der Waals surface area contributed by atoms with Crippen LogP contribution in [0.4, 0.5) is 5.95 Å². The maximum Gasteiger partial charge on any atom is 0.225 e. The molecular formula is C17H17N3O. The third kappa shape index (κ3) is 3.34. The Labute approximate surface area is 124 Å². The van der Waals surface area contributed by atoms with Crippen molar-refractivity contribution in [3.05, 3.63) is 59.9 Å². The number of nitrogens with zero attached hydrogens (tertiary/aromatic N) is 3. The highest BCUT2D eigenvalue weighted by Crippen LogP contribution is 2.15. The van der Waals surface area contributed by atoms with Crippen LogP contribution in [-0.4, -0.2) is 28.8 Å². The number of hydrogen-bond acceptors (Lipinski definition) is 4. The van der Waals surface area contributed by atoms with Gasteiger partial charge in [0.05, 0.1) is 0 Å². The largest absolute Gasteiger partial charge is 0.341 e. The Morgan fingerprint density at radius 1 is 1.05 bits per heavy atom. The second-order valence-electron chi connectivity index (χ2n) is 5.07. The Balaban J connectivity index is 1.67. The molecule has 106 valence electrons. The highest BCUT2D eigenvalue weighted by molar-refractivity contribution is 6.06. The highest BCUT2D eigenvalue weighted by atomic mass is 16.1. The summed E-state index contributed by atoms with van der Waals surface area (Å²) in [6, 6.07) is 9.22. The molecule has 0 bridgehead atoms. The fourth-order valence-corrected chi connectivity index (χ4v) is 2.37. The first kappa shape index (κ1) is 13.5. The average Bonchev–Trinajstić information content (AvgIpc) is 3.08. The van der Waals surface area contributed by atoms with Crippen LogP contribution in [-0.2, 0) is 0 Å². The second kappa shape index (κ2) is 6.31. The van der Waals surface area contributed by atoms with Gasteiger partial charge in [-0.1, -0.05) is 30.3 Å². The zero-order chi connectivity index (χ0) is 14.5. The molecule has 0 unspecified atom stereocenters. The minimum atomic E-state index is -0.0146. The van der Waals surface area contributed by atoms with Crippen LogP contribution < -0.4 is 4.90 Å². The van der Waals surface area contributed by atoms with Crippen LogP contribution in [0, 0.1) is 0 Å². The molecule has 0 radical (unpaired) electrons. The lowest BCUT2D eigenvalue weighted by Crippen LogP contribution is -2.20. The van der Waals surface area contributed by atoms with E-state index < -0.39 is 0 Å². The van der Waals surface area contributed by atoms with E-state index in [2.05, 4.69) is 14.9 Å². The highest BCUT2D eigenvalue weighted by Gasteiger charge is 2.13. The summed E-state index contributed by atoms with van der Waals surface area (Å²) >= 11 is 0. The summed E-state index contributed by atoms with van der Waals surface area (Å²) in [6.45, 7) is 2.06. The molecule has 1 aliphatic rings. The zero-order valence-electron chi connectivity index (χ0n) is 11.8. The van der Waals surface area contributed by atoms with Gasteiger partial charge in [-0.3, -0.25) is 4.79 Å². The summed E-state index contributed by atoms with van der Waals surface area (Å²) in [7, 11) is 0. The Bertz CT molecular complexity index is 629. The molecule has 0 N–H and O–H groups in total. The van der Waals surface area contributed by atoms with Gasteiger partial charge in [0.1, 0.15) is 0 Å². The van der Waals surface area contributed by atoms with Crippen LogP contribution in [0.5, 0.6) is 0 Å². The first-order valence-electron chi connectivity index (χ1n) is 7.17. The van der Waals surface area contributed by atoms with Crippen molar-refractivity contribution >= 4 is 17.8 Å². The van der Waals surface area contributed by atoms with E-state index in [-0.39, 0.29) is 5.78 Å². The summed E-state index contributed by atoms with van der Waals surface area (Å²) < 4.78 is 0. The van der Waals surface area contributed by atoms with Crippen LogP contribution in [0.3, 0.4) is 0 Å². The van der Waals surface area contributed by atoms with Gasteiger partial charge < -0.3 is 4.90 Å². The van der Waals surface area contributed by atoms with Gasteiger partial charge in [0.25, 0.3) is 0 Å². The van der Waals surface area contributed by atoms with Crippen LogP contribution in [0.15, 0.2) is 48.8 Å². The minimum absolute atomic E-state index is 0.0146. The molecule has 1 aliphatic heterocycles. The quantitative estimate of drug-likeness (QED) is 0.637. The fourth-order valence-electron chi connectivity index (χ4n) is 2.37. The van der Waals surface area contributed by atoms with Gasteiger partial charge in [-0.15, -0.1) is 0 Å². The summed E-state index contributed by atoms with van der Waals surface area (Å²) in [4.78, 5) is 22.9. The summed E-state index contributed by atoms with van der Waals surface area (Å²) in [5.74, 6) is 0.762. The molecule has 1 aromatic carbocycles. The molecule has 0 spiro atoms. The van der Waals surface area contributed by atoms with E-state index in [1.165, 1.54) is 12.8 Å². The lowest BCUT2D eigenvalue weighted by atomic mass is 10.1. The van der Waals surface area contributed by atoms with E-state index in [1.807, 2.05) is 18.2 Å². The maximum atomic E-state index is 12.0. The van der Waals surface area contributed by atoms with E-state index in [0.29, 0.717) is 5.56 Å². The summed E-state index contributed by atoms with van der Waals surface area (Å²) in [6.07, 6.45) is 9.24. The van der Waals surface area contributed by atoms with Crippen LogP contribution in [0.2, 0.25) is 0 Å². The second-order valence-corrected chi connectivity index (χ2v) is 5.07. The molecule has 1 fully saturated rings. The van der Waals surface area contributed by atoms with Crippen molar-refractivity contribution in [3.63, 3.8) is 0 Å². The van der Waals surface area contributed by atoms with Gasteiger partial charge in [-0.2, -0.15) is 0 Å². The first-order valence-corrected chi connectivity index (χ1v) is 7.17. The number of benzene rings is 1. The van der Waals surface area contributed by atoms with Gasteiger partial charge in [0.15, 0.2) is 5.78 Å². The predicted molar refractivity (Wildman–Crippen MR) is 83.3 cm³/mol. The Morgan fingerprint density at radius 2 is 1.71 bits per heavy atom. The molecule has 0 atom stereocenters. The number of carbonyl (C=O) groups is 1. The van der Waals surface area contributed by atoms with Crippen molar-refractivity contribution in [1.82, 2.24) is 9.97 Å². The number of anilines is 1. The number of aromatic nitrogens is 2. The van der Waals surface area contributed by atoms with E-state index in [1.54, 1.807) is 36.7 Å². The standard InChI is InChI=1S/C17H17N3O/c21-16(15-6-2-1-3-7-15)9-8-14-12-18-17(19-13-14)20-10-4-5-11-20/h1-3,6-9,12-13H,4-5,10-11H2. The number of hydrogen-bond donors (Lipinski definition) is 0. The number of allylic oxidation sites excluding steroid dienone is 1.